The number of methoxy groups -OCH3 is 1. The Balaban J connectivity index is 2.01. The molecule has 0 amide bonds. The van der Waals surface area contributed by atoms with Gasteiger partial charge in [0.1, 0.15) is 5.75 Å². The Hall–Kier alpha value is -1.69. The summed E-state index contributed by atoms with van der Waals surface area (Å²) < 4.78 is 5.12. The third kappa shape index (κ3) is 2.91. The van der Waals surface area contributed by atoms with E-state index in [1.807, 2.05) is 24.3 Å². The maximum Gasteiger partial charge on any atom is 0.119 e. The van der Waals surface area contributed by atoms with Crippen LogP contribution in [0.5, 0.6) is 5.75 Å². The zero-order chi connectivity index (χ0) is 12.1. The minimum absolute atomic E-state index is 0.144. The highest BCUT2D eigenvalue weighted by atomic mass is 16.5. The molecular formula is C14H18N2O. The van der Waals surface area contributed by atoms with Crippen molar-refractivity contribution in [3.05, 3.63) is 24.3 Å². The summed E-state index contributed by atoms with van der Waals surface area (Å²) in [6.45, 7) is 0. The fourth-order valence-corrected chi connectivity index (χ4v) is 2.36. The second-order valence-corrected chi connectivity index (χ2v) is 4.50. The number of anilines is 1. The summed E-state index contributed by atoms with van der Waals surface area (Å²) in [5, 5.41) is 12.6. The molecule has 0 saturated heterocycles. The van der Waals surface area contributed by atoms with E-state index < -0.39 is 0 Å². The number of ether oxygens (including phenoxy) is 1. The first-order chi connectivity index (χ1) is 8.33. The largest absolute Gasteiger partial charge is 0.497 e. The van der Waals surface area contributed by atoms with Crippen LogP contribution < -0.4 is 10.1 Å². The molecule has 1 N–H and O–H groups in total. The van der Waals surface area contributed by atoms with Crippen LogP contribution in [0.25, 0.3) is 0 Å². The van der Waals surface area contributed by atoms with Gasteiger partial charge in [0.2, 0.25) is 0 Å². The van der Waals surface area contributed by atoms with Crippen molar-refractivity contribution >= 4 is 5.69 Å². The predicted molar refractivity (Wildman–Crippen MR) is 68.0 cm³/mol. The van der Waals surface area contributed by atoms with Crippen molar-refractivity contribution in [3.8, 4) is 11.8 Å². The Morgan fingerprint density at radius 1 is 1.24 bits per heavy atom. The lowest BCUT2D eigenvalue weighted by Crippen LogP contribution is -2.31. The van der Waals surface area contributed by atoms with E-state index in [0.717, 1.165) is 24.3 Å². The van der Waals surface area contributed by atoms with Crippen LogP contribution in [0.3, 0.4) is 0 Å². The Morgan fingerprint density at radius 2 is 1.94 bits per heavy atom. The van der Waals surface area contributed by atoms with Gasteiger partial charge in [-0.25, -0.2) is 0 Å². The maximum absolute atomic E-state index is 9.11. The highest BCUT2D eigenvalue weighted by Gasteiger charge is 2.24. The van der Waals surface area contributed by atoms with Gasteiger partial charge in [-0.3, -0.25) is 0 Å². The normalized spacial score (nSPS) is 23.8. The summed E-state index contributed by atoms with van der Waals surface area (Å²) in [5.74, 6) is 1.00. The van der Waals surface area contributed by atoms with Crippen LogP contribution in [0.15, 0.2) is 24.3 Å². The van der Waals surface area contributed by atoms with Gasteiger partial charge in [0.25, 0.3) is 0 Å². The topological polar surface area (TPSA) is 45.0 Å². The summed E-state index contributed by atoms with van der Waals surface area (Å²) in [6.07, 6.45) is 4.50. The molecule has 1 fully saturated rings. The van der Waals surface area contributed by atoms with Gasteiger partial charge in [-0.1, -0.05) is 12.8 Å². The average molecular weight is 230 g/mol. The van der Waals surface area contributed by atoms with E-state index in [9.17, 15) is 0 Å². The molecule has 0 aromatic heterocycles. The molecule has 0 bridgehead atoms. The van der Waals surface area contributed by atoms with Crippen LogP contribution in [0.1, 0.15) is 25.7 Å². The molecule has 3 heteroatoms. The summed E-state index contributed by atoms with van der Waals surface area (Å²) in [4.78, 5) is 0. The number of hydrogen-bond acceptors (Lipinski definition) is 3. The summed E-state index contributed by atoms with van der Waals surface area (Å²) in [7, 11) is 1.66. The SMILES string of the molecule is COc1ccc(NC2CCCCC2C#N)cc1. The molecule has 3 nitrogen and oxygen atoms in total. The molecule has 90 valence electrons. The van der Waals surface area contributed by atoms with Gasteiger partial charge >= 0.3 is 0 Å². The Labute approximate surface area is 102 Å². The first-order valence-electron chi connectivity index (χ1n) is 6.13. The quantitative estimate of drug-likeness (QED) is 0.867. The van der Waals surface area contributed by atoms with Crippen LogP contribution in [-0.4, -0.2) is 13.2 Å². The van der Waals surface area contributed by atoms with Gasteiger partial charge in [0, 0.05) is 11.7 Å². The molecule has 1 aliphatic carbocycles. The molecule has 1 aromatic rings. The monoisotopic (exact) mass is 230 g/mol. The molecule has 2 atom stereocenters. The lowest BCUT2D eigenvalue weighted by molar-refractivity contribution is 0.388. The first kappa shape index (κ1) is 11.8. The highest BCUT2D eigenvalue weighted by Crippen LogP contribution is 2.27. The molecule has 17 heavy (non-hydrogen) atoms. The fraction of sp³-hybridized carbons (Fsp3) is 0.500. The number of hydrogen-bond donors (Lipinski definition) is 1. The molecule has 2 unspecified atom stereocenters. The van der Waals surface area contributed by atoms with Crippen molar-refractivity contribution in [1.82, 2.24) is 0 Å². The standard InChI is InChI=1S/C14H18N2O/c1-17-13-8-6-12(7-9-13)16-14-5-3-2-4-11(14)10-15/h6-9,11,14,16H,2-5H2,1H3. The van der Waals surface area contributed by atoms with Gasteiger partial charge in [0.15, 0.2) is 0 Å². The number of rotatable bonds is 3. The van der Waals surface area contributed by atoms with Gasteiger partial charge in [-0.05, 0) is 37.1 Å². The molecule has 0 spiro atoms. The van der Waals surface area contributed by atoms with E-state index in [0.29, 0.717) is 6.04 Å². The van der Waals surface area contributed by atoms with Gasteiger partial charge < -0.3 is 10.1 Å². The highest BCUT2D eigenvalue weighted by molar-refractivity contribution is 5.47. The number of benzene rings is 1. The van der Waals surface area contributed by atoms with E-state index in [2.05, 4.69) is 11.4 Å². The predicted octanol–water partition coefficient (Wildman–Crippen LogP) is 3.19. The molecule has 1 aromatic carbocycles. The molecule has 2 rings (SSSR count). The van der Waals surface area contributed by atoms with Crippen molar-refractivity contribution in [3.63, 3.8) is 0 Å². The molecule has 0 aliphatic heterocycles. The van der Waals surface area contributed by atoms with E-state index in [4.69, 9.17) is 10.00 Å². The van der Waals surface area contributed by atoms with Crippen LogP contribution in [0.4, 0.5) is 5.69 Å². The number of nitrogens with one attached hydrogen (secondary N) is 1. The Kier molecular flexibility index (Phi) is 3.87. The third-order valence-corrected chi connectivity index (χ3v) is 3.37. The van der Waals surface area contributed by atoms with E-state index in [-0.39, 0.29) is 5.92 Å². The van der Waals surface area contributed by atoms with E-state index in [1.54, 1.807) is 7.11 Å². The van der Waals surface area contributed by atoms with Crippen molar-refractivity contribution in [1.29, 1.82) is 5.26 Å². The van der Waals surface area contributed by atoms with Crippen LogP contribution in [-0.2, 0) is 0 Å². The third-order valence-electron chi connectivity index (χ3n) is 3.37. The zero-order valence-corrected chi connectivity index (χ0v) is 10.1. The molecule has 0 radical (unpaired) electrons. The first-order valence-corrected chi connectivity index (χ1v) is 6.13. The molecule has 1 saturated carbocycles. The second-order valence-electron chi connectivity index (χ2n) is 4.50. The van der Waals surface area contributed by atoms with E-state index >= 15 is 0 Å². The van der Waals surface area contributed by atoms with E-state index in [1.165, 1.54) is 12.8 Å². The van der Waals surface area contributed by atoms with Crippen molar-refractivity contribution in [2.75, 3.05) is 12.4 Å². The lowest BCUT2D eigenvalue weighted by Gasteiger charge is -2.28. The second kappa shape index (κ2) is 5.58. The van der Waals surface area contributed by atoms with Gasteiger partial charge in [-0.2, -0.15) is 5.26 Å². The fourth-order valence-electron chi connectivity index (χ4n) is 2.36. The zero-order valence-electron chi connectivity index (χ0n) is 10.1. The summed E-state index contributed by atoms with van der Waals surface area (Å²) >= 11 is 0. The molecule has 1 aliphatic rings. The van der Waals surface area contributed by atoms with Gasteiger partial charge in [-0.15, -0.1) is 0 Å². The van der Waals surface area contributed by atoms with Crippen molar-refractivity contribution < 1.29 is 4.74 Å². The maximum atomic E-state index is 9.11. The smallest absolute Gasteiger partial charge is 0.119 e. The van der Waals surface area contributed by atoms with Crippen molar-refractivity contribution in [2.45, 2.75) is 31.7 Å². The summed E-state index contributed by atoms with van der Waals surface area (Å²) in [6, 6.07) is 10.6. The minimum Gasteiger partial charge on any atom is -0.497 e. The Bertz CT molecular complexity index is 394. The van der Waals surface area contributed by atoms with Crippen LogP contribution >= 0.6 is 0 Å². The molecular weight excluding hydrogens is 212 g/mol. The number of nitrogens with zero attached hydrogens (tertiary/aromatic N) is 1. The van der Waals surface area contributed by atoms with Gasteiger partial charge in [0.05, 0.1) is 19.1 Å². The Morgan fingerprint density at radius 3 is 2.59 bits per heavy atom. The average Bonchev–Trinajstić information content (AvgIpc) is 2.40. The number of nitriles is 1. The lowest BCUT2D eigenvalue weighted by atomic mass is 9.85. The summed E-state index contributed by atoms with van der Waals surface area (Å²) in [5.41, 5.74) is 1.07. The van der Waals surface area contributed by atoms with Crippen molar-refractivity contribution in [2.24, 2.45) is 5.92 Å². The van der Waals surface area contributed by atoms with Crippen LogP contribution in [0.2, 0.25) is 0 Å². The van der Waals surface area contributed by atoms with Crippen LogP contribution in [0, 0.1) is 17.2 Å². The molecule has 0 heterocycles. The minimum atomic E-state index is 0.144.